The van der Waals surface area contributed by atoms with Gasteiger partial charge in [-0.1, -0.05) is 29.3 Å². The topological polar surface area (TPSA) is 94.2 Å². The second kappa shape index (κ2) is 10.7. The van der Waals surface area contributed by atoms with Crippen molar-refractivity contribution in [1.82, 2.24) is 0 Å². The van der Waals surface area contributed by atoms with E-state index in [-0.39, 0.29) is 16.3 Å². The van der Waals surface area contributed by atoms with Crippen LogP contribution in [-0.2, 0) is 14.8 Å². The summed E-state index contributed by atoms with van der Waals surface area (Å²) >= 11 is 6.16. The van der Waals surface area contributed by atoms with E-state index >= 15 is 0 Å². The zero-order valence-corrected chi connectivity index (χ0v) is 20.7. The van der Waals surface area contributed by atoms with Gasteiger partial charge in [0.1, 0.15) is 12.3 Å². The van der Waals surface area contributed by atoms with E-state index in [4.69, 9.17) is 25.8 Å². The highest BCUT2D eigenvalue weighted by Gasteiger charge is 2.30. The van der Waals surface area contributed by atoms with Gasteiger partial charge in [-0.3, -0.25) is 9.10 Å². The number of amides is 1. The van der Waals surface area contributed by atoms with E-state index in [1.165, 1.54) is 39.5 Å². The highest BCUT2D eigenvalue weighted by Crippen LogP contribution is 2.35. The van der Waals surface area contributed by atoms with Crippen molar-refractivity contribution in [2.24, 2.45) is 0 Å². The van der Waals surface area contributed by atoms with Gasteiger partial charge in [-0.2, -0.15) is 0 Å². The molecule has 0 bridgehead atoms. The molecule has 3 aromatic rings. The van der Waals surface area contributed by atoms with Crippen LogP contribution in [-0.4, -0.2) is 42.2 Å². The van der Waals surface area contributed by atoms with Crippen LogP contribution < -0.4 is 23.8 Å². The molecule has 0 aliphatic carbocycles. The summed E-state index contributed by atoms with van der Waals surface area (Å²) in [6.45, 7) is 1.33. The number of carbonyl (C=O) groups is 1. The predicted molar refractivity (Wildman–Crippen MR) is 132 cm³/mol. The van der Waals surface area contributed by atoms with Gasteiger partial charge in [-0.25, -0.2) is 8.42 Å². The second-order valence-corrected chi connectivity index (χ2v) is 9.56. The molecular formula is C24H25ClN2O6S. The van der Waals surface area contributed by atoms with Crippen LogP contribution in [0.4, 0.5) is 11.4 Å². The SMILES string of the molecule is COc1ccc(NC(=O)CN(c2cc(Cl)ccc2OC)S(=O)(=O)c2ccc(C)cc2)cc1OC. The molecule has 0 heterocycles. The molecule has 1 amide bonds. The minimum atomic E-state index is -4.14. The molecule has 3 rings (SSSR count). The fraction of sp³-hybridized carbons (Fsp3) is 0.208. The number of carbonyl (C=O) groups excluding carboxylic acids is 1. The summed E-state index contributed by atoms with van der Waals surface area (Å²) in [7, 11) is 0.247. The summed E-state index contributed by atoms with van der Waals surface area (Å²) in [6.07, 6.45) is 0. The molecule has 0 aromatic heterocycles. The van der Waals surface area contributed by atoms with Crippen LogP contribution in [0.15, 0.2) is 65.6 Å². The summed E-state index contributed by atoms with van der Waals surface area (Å²) in [5, 5.41) is 2.99. The van der Waals surface area contributed by atoms with Gasteiger partial charge in [0, 0.05) is 16.8 Å². The highest BCUT2D eigenvalue weighted by atomic mass is 35.5. The summed E-state index contributed by atoms with van der Waals surface area (Å²) in [5.74, 6) is 0.581. The van der Waals surface area contributed by atoms with Crippen LogP contribution in [0, 0.1) is 6.92 Å². The molecule has 0 fully saturated rings. The number of rotatable bonds is 9. The molecule has 0 saturated heterocycles. The molecule has 0 radical (unpaired) electrons. The Balaban J connectivity index is 2.00. The zero-order valence-electron chi connectivity index (χ0n) is 19.2. The Kier molecular flexibility index (Phi) is 7.90. The van der Waals surface area contributed by atoms with Gasteiger partial charge in [0.25, 0.3) is 10.0 Å². The molecular weight excluding hydrogens is 480 g/mol. The van der Waals surface area contributed by atoms with Crippen LogP contribution in [0.1, 0.15) is 5.56 Å². The van der Waals surface area contributed by atoms with Gasteiger partial charge in [-0.15, -0.1) is 0 Å². The number of hydrogen-bond donors (Lipinski definition) is 1. The molecule has 0 atom stereocenters. The monoisotopic (exact) mass is 504 g/mol. The number of ether oxygens (including phenoxy) is 3. The summed E-state index contributed by atoms with van der Waals surface area (Å²) in [4.78, 5) is 13.0. The van der Waals surface area contributed by atoms with Gasteiger partial charge in [0.2, 0.25) is 5.91 Å². The molecule has 180 valence electrons. The molecule has 1 N–H and O–H groups in total. The summed E-state index contributed by atoms with van der Waals surface area (Å²) < 4.78 is 44.0. The number of hydrogen-bond acceptors (Lipinski definition) is 6. The lowest BCUT2D eigenvalue weighted by molar-refractivity contribution is -0.114. The largest absolute Gasteiger partial charge is 0.495 e. The van der Waals surface area contributed by atoms with Gasteiger partial charge < -0.3 is 19.5 Å². The van der Waals surface area contributed by atoms with E-state index in [1.54, 1.807) is 42.5 Å². The molecule has 0 spiro atoms. The van der Waals surface area contributed by atoms with Crippen LogP contribution in [0.5, 0.6) is 17.2 Å². The lowest BCUT2D eigenvalue weighted by Gasteiger charge is -2.26. The van der Waals surface area contributed by atoms with Gasteiger partial charge >= 0.3 is 0 Å². The Bertz CT molecular complexity index is 1280. The molecule has 0 unspecified atom stereocenters. The van der Waals surface area contributed by atoms with Crippen molar-refractivity contribution < 1.29 is 27.4 Å². The van der Waals surface area contributed by atoms with Crippen molar-refractivity contribution in [3.63, 3.8) is 0 Å². The van der Waals surface area contributed by atoms with Crippen molar-refractivity contribution in [1.29, 1.82) is 0 Å². The number of sulfonamides is 1. The Labute approximate surface area is 204 Å². The second-order valence-electron chi connectivity index (χ2n) is 7.26. The maximum absolute atomic E-state index is 13.6. The van der Waals surface area contributed by atoms with Crippen molar-refractivity contribution >= 4 is 38.9 Å². The fourth-order valence-electron chi connectivity index (χ4n) is 3.24. The minimum Gasteiger partial charge on any atom is -0.495 e. The third-order valence-electron chi connectivity index (χ3n) is 4.97. The fourth-order valence-corrected chi connectivity index (χ4v) is 4.83. The first-order valence-electron chi connectivity index (χ1n) is 10.1. The Morgan fingerprint density at radius 2 is 1.50 bits per heavy atom. The third kappa shape index (κ3) is 5.55. The number of aryl methyl sites for hydroxylation is 1. The lowest BCUT2D eigenvalue weighted by atomic mass is 10.2. The normalized spacial score (nSPS) is 11.0. The standard InChI is InChI=1S/C24H25ClN2O6S/c1-16-5-9-19(10-6-16)34(29,30)27(20-13-17(25)7-11-21(20)31-2)15-24(28)26-18-8-12-22(32-3)23(14-18)33-4/h5-14H,15H2,1-4H3,(H,26,28). The van der Waals surface area contributed by atoms with E-state index < -0.39 is 22.5 Å². The van der Waals surface area contributed by atoms with E-state index in [1.807, 2.05) is 6.92 Å². The van der Waals surface area contributed by atoms with Crippen molar-refractivity contribution in [2.45, 2.75) is 11.8 Å². The van der Waals surface area contributed by atoms with Gasteiger partial charge in [-0.05, 0) is 49.4 Å². The Hall–Kier alpha value is -3.43. The highest BCUT2D eigenvalue weighted by molar-refractivity contribution is 7.92. The molecule has 34 heavy (non-hydrogen) atoms. The van der Waals surface area contributed by atoms with Crippen molar-refractivity contribution in [3.8, 4) is 17.2 Å². The van der Waals surface area contributed by atoms with E-state index in [0.29, 0.717) is 22.2 Å². The first-order chi connectivity index (χ1) is 16.2. The number of anilines is 2. The average Bonchev–Trinajstić information content (AvgIpc) is 2.82. The molecule has 0 aliphatic heterocycles. The maximum atomic E-state index is 13.6. The first-order valence-corrected chi connectivity index (χ1v) is 12.0. The Morgan fingerprint density at radius 3 is 2.12 bits per heavy atom. The third-order valence-corrected chi connectivity index (χ3v) is 6.98. The van der Waals surface area contributed by atoms with Crippen LogP contribution in [0.25, 0.3) is 0 Å². The number of halogens is 1. The number of methoxy groups -OCH3 is 3. The Morgan fingerprint density at radius 1 is 0.882 bits per heavy atom. The summed E-state index contributed by atoms with van der Waals surface area (Å²) in [5.41, 5.74) is 1.45. The number of nitrogens with zero attached hydrogens (tertiary/aromatic N) is 1. The van der Waals surface area contributed by atoms with Gasteiger partial charge in [0.15, 0.2) is 11.5 Å². The van der Waals surface area contributed by atoms with E-state index in [9.17, 15) is 13.2 Å². The quantitative estimate of drug-likeness (QED) is 0.461. The number of nitrogens with one attached hydrogen (secondary N) is 1. The van der Waals surface area contributed by atoms with Gasteiger partial charge in [0.05, 0.1) is 31.9 Å². The van der Waals surface area contributed by atoms with E-state index in [2.05, 4.69) is 5.32 Å². The summed E-state index contributed by atoms with van der Waals surface area (Å²) in [6, 6.07) is 15.7. The predicted octanol–water partition coefficient (Wildman–Crippen LogP) is 4.51. The molecule has 10 heteroatoms. The lowest BCUT2D eigenvalue weighted by Crippen LogP contribution is -2.38. The van der Waals surface area contributed by atoms with Crippen molar-refractivity contribution in [2.75, 3.05) is 37.5 Å². The molecule has 8 nitrogen and oxygen atoms in total. The van der Waals surface area contributed by atoms with Crippen LogP contribution in [0.2, 0.25) is 5.02 Å². The van der Waals surface area contributed by atoms with Crippen molar-refractivity contribution in [3.05, 3.63) is 71.2 Å². The maximum Gasteiger partial charge on any atom is 0.264 e. The van der Waals surface area contributed by atoms with E-state index in [0.717, 1.165) is 9.87 Å². The van der Waals surface area contributed by atoms with Crippen LogP contribution >= 0.6 is 11.6 Å². The molecule has 3 aromatic carbocycles. The zero-order chi connectivity index (χ0) is 24.9. The number of benzene rings is 3. The smallest absolute Gasteiger partial charge is 0.264 e. The first kappa shape index (κ1) is 25.2. The van der Waals surface area contributed by atoms with Crippen LogP contribution in [0.3, 0.4) is 0 Å². The molecule has 0 saturated carbocycles. The molecule has 0 aliphatic rings. The average molecular weight is 505 g/mol. The minimum absolute atomic E-state index is 0.0269.